The number of hydrogen-bond donors (Lipinski definition) is 20. The Hall–Kier alpha value is -2.75. The predicted octanol–water partition coefficient (Wildman–Crippen LogP) is -12.7. The lowest BCUT2D eigenvalue weighted by atomic mass is 9.95. The van der Waals surface area contributed by atoms with Gasteiger partial charge in [-0.3, -0.25) is 4.18 Å². The molecule has 35 atom stereocenters. The topological polar surface area (TPSA) is 577 Å². The Morgan fingerprint density at radius 2 is 0.522 bits per heavy atom. The number of fused-ring (bicyclic) bond motifs is 1. The van der Waals surface area contributed by atoms with Crippen LogP contribution in [0.15, 0.2) is 47.4 Å². The van der Waals surface area contributed by atoms with E-state index in [4.69, 9.17) is 70.5 Å². The van der Waals surface area contributed by atoms with Crippen molar-refractivity contribution in [2.45, 2.75) is 220 Å². The summed E-state index contributed by atoms with van der Waals surface area (Å²) in [5.74, 6) is 0. The van der Waals surface area contributed by atoms with E-state index >= 15 is 0 Å². The van der Waals surface area contributed by atoms with Crippen LogP contribution in [0.5, 0.6) is 0 Å². The molecule has 38 heteroatoms. The Balaban J connectivity index is 0.976. The summed E-state index contributed by atoms with van der Waals surface area (Å²) in [6.07, 6.45) is -73.6. The molecule has 0 amide bonds. The van der Waals surface area contributed by atoms with Crippen molar-refractivity contribution in [2.75, 3.05) is 46.2 Å². The third-order valence-electron chi connectivity index (χ3n) is 17.0. The fraction of sp³-hybridized carbons (Fsp3) is 0.808. The van der Waals surface area contributed by atoms with Crippen LogP contribution >= 0.6 is 0 Å². The van der Waals surface area contributed by atoms with Crippen molar-refractivity contribution in [3.05, 3.63) is 42.5 Å². The average molecular weight is 1330 g/mol. The molecule has 21 heterocycles. The van der Waals surface area contributed by atoms with E-state index in [2.05, 4.69) is 0 Å². The number of rotatable bonds is 10. The van der Waals surface area contributed by atoms with Gasteiger partial charge in [0.1, 0.15) is 171 Å². The third kappa shape index (κ3) is 13.7. The van der Waals surface area contributed by atoms with E-state index in [1.807, 2.05) is 0 Å². The lowest BCUT2D eigenvalue weighted by Gasteiger charge is -2.50. The van der Waals surface area contributed by atoms with E-state index in [1.165, 1.54) is 12.1 Å². The Morgan fingerprint density at radius 3 is 0.789 bits per heavy atom. The second-order valence-electron chi connectivity index (χ2n) is 22.7. The summed E-state index contributed by atoms with van der Waals surface area (Å²) in [5, 5.41) is 225. The van der Waals surface area contributed by atoms with Crippen molar-refractivity contribution in [3.63, 3.8) is 0 Å². The zero-order valence-corrected chi connectivity index (χ0v) is 47.8. The number of aliphatic hydroxyl groups excluding tert-OH is 20. The highest BCUT2D eigenvalue weighted by atomic mass is 32.2. The van der Waals surface area contributed by atoms with Gasteiger partial charge >= 0.3 is 0 Å². The van der Waals surface area contributed by atoms with Crippen molar-refractivity contribution in [3.8, 4) is 0 Å². The van der Waals surface area contributed by atoms with Gasteiger partial charge in [0, 0.05) is 0 Å². The molecule has 0 saturated carbocycles. The van der Waals surface area contributed by atoms with Crippen LogP contribution in [-0.2, 0) is 80.6 Å². The van der Waals surface area contributed by atoms with Gasteiger partial charge < -0.3 is 168 Å². The highest BCUT2D eigenvalue weighted by molar-refractivity contribution is 7.86. The van der Waals surface area contributed by atoms with E-state index in [1.54, 1.807) is 24.3 Å². The summed E-state index contributed by atoms with van der Waals surface area (Å²) in [6.45, 7) is -7.80. The summed E-state index contributed by atoms with van der Waals surface area (Å²) in [6, 6.07) is 10.3. The lowest BCUT2D eigenvalue weighted by molar-refractivity contribution is -0.396. The van der Waals surface area contributed by atoms with E-state index in [0.29, 0.717) is 10.8 Å². The SMILES string of the molecule is O=S(=O)(O[C@@H]1[C@@H](O)[C@H]2O[C@H]3[C@H](O)[C@@H](O)[C@@H](O[C@H]4[C@H](O)[C@@H](O)[C@@H](O[C@H]5[C@H](O)[C@@H](O)[C@@H](O[C@H]6[C@H](O)[C@@H](O)[C@@H](O[C@H]7[C@@H](O)[C@H](O)[C@@H](O[C@H]8[C@@H](O)[C@H](O)[C@@H](O[C@@H]1[C@@H](CO)O2)O[C@@H]8CO)O[C@@H]7CO)O[C@@H]6CO)O[C@@H]5CO)O[C@@H]4CO)O[C@@H]3CO)c1ccc2ccccc2c1. The first-order chi connectivity index (χ1) is 42.9. The molecule has 512 valence electrons. The molecule has 21 aliphatic heterocycles. The zero-order chi connectivity index (χ0) is 64.9. The number of benzene rings is 2. The van der Waals surface area contributed by atoms with Crippen molar-refractivity contribution in [1.29, 1.82) is 0 Å². The maximum atomic E-state index is 14.3. The molecule has 0 aromatic heterocycles. The summed E-state index contributed by atoms with van der Waals surface area (Å²) in [4.78, 5) is -0.508. The predicted molar refractivity (Wildman–Crippen MR) is 278 cm³/mol. The monoisotopic (exact) mass is 1320 g/mol. The molecule has 23 rings (SSSR count). The van der Waals surface area contributed by atoms with Gasteiger partial charge in [-0.05, 0) is 22.9 Å². The molecule has 20 N–H and O–H groups in total. The minimum atomic E-state index is -5.10. The number of ether oxygens (including phenoxy) is 14. The van der Waals surface area contributed by atoms with Crippen LogP contribution in [0.3, 0.4) is 0 Å². The highest BCUT2D eigenvalue weighted by Gasteiger charge is 2.60. The second-order valence-corrected chi connectivity index (χ2v) is 24.3. The standard InChI is InChI=1S/C52H76O37S/c53-8-18-38-26(61)32(67)47(76-18)84-40-20(10-55)78-49(34(69)28(40)63)86-42-22(12-57)80-51(36(71)30(42)65)88-44-24(14-59)81-52(37(72)45(44)89-90(73,74)17-6-5-15-3-1-2-4-16(15)7-17)87-43-23(13-58)79-50(35(70)29(43)64)85-41-21(11-56)77-48(33(68)27(41)62)83-39-19(9-54)75-46(82-38)31(66)25(39)60/h1-7,18-72H,8-14H2/t18-,19-,20-,21-,22-,23-,24-,25-,26-,27-,28+,29-,30+,31-,32-,33-,34+,35-,36+,37-,38-,39-,40-,41-,42-,43-,44-,45-,46-,47-,48-,49-,50-,51-,52-/m1/s1. The molecule has 0 spiro atoms. The van der Waals surface area contributed by atoms with Gasteiger partial charge in [0.15, 0.2) is 44.0 Å². The van der Waals surface area contributed by atoms with Gasteiger partial charge in [0.25, 0.3) is 10.1 Å². The fourth-order valence-corrected chi connectivity index (χ4v) is 13.2. The van der Waals surface area contributed by atoms with E-state index in [-0.39, 0.29) is 0 Å². The van der Waals surface area contributed by atoms with E-state index in [0.717, 1.165) is 6.07 Å². The van der Waals surface area contributed by atoms with E-state index < -0.39 is 276 Å². The number of hydrogen-bond acceptors (Lipinski definition) is 37. The van der Waals surface area contributed by atoms with Crippen molar-refractivity contribution < 1.29 is 181 Å². The maximum Gasteiger partial charge on any atom is 0.297 e. The van der Waals surface area contributed by atoms with Crippen LogP contribution in [0.4, 0.5) is 0 Å². The quantitative estimate of drug-likeness (QED) is 0.0982. The molecule has 14 bridgehead atoms. The molecule has 21 saturated heterocycles. The summed E-state index contributed by atoms with van der Waals surface area (Å²) in [5.41, 5.74) is 0. The lowest BCUT2D eigenvalue weighted by Crippen LogP contribution is -2.68. The largest absolute Gasteiger partial charge is 0.394 e. The second kappa shape index (κ2) is 29.3. The average Bonchev–Trinajstić information content (AvgIpc) is 0.830. The molecule has 2 aromatic rings. The molecular weight excluding hydrogens is 1250 g/mol. The molecule has 0 radical (unpaired) electrons. The van der Waals surface area contributed by atoms with Crippen molar-refractivity contribution in [2.24, 2.45) is 0 Å². The molecule has 21 fully saturated rings. The van der Waals surface area contributed by atoms with Crippen LogP contribution < -0.4 is 0 Å². The van der Waals surface area contributed by atoms with Gasteiger partial charge in [-0.25, -0.2) is 0 Å². The van der Waals surface area contributed by atoms with Gasteiger partial charge in [0.2, 0.25) is 0 Å². The third-order valence-corrected chi connectivity index (χ3v) is 18.3. The van der Waals surface area contributed by atoms with Crippen LogP contribution in [0.1, 0.15) is 0 Å². The first-order valence-electron chi connectivity index (χ1n) is 28.6. The first-order valence-corrected chi connectivity index (χ1v) is 30.0. The summed E-state index contributed by atoms with van der Waals surface area (Å²) < 4.78 is 115. The van der Waals surface area contributed by atoms with Crippen molar-refractivity contribution in [1.82, 2.24) is 0 Å². The van der Waals surface area contributed by atoms with Crippen LogP contribution in [0, 0.1) is 0 Å². The number of aliphatic hydroxyl groups is 20. The highest BCUT2D eigenvalue weighted by Crippen LogP contribution is 2.40. The maximum absolute atomic E-state index is 14.3. The Bertz CT molecular complexity index is 2730. The van der Waals surface area contributed by atoms with Gasteiger partial charge in [-0.15, -0.1) is 0 Å². The van der Waals surface area contributed by atoms with Gasteiger partial charge in [0.05, 0.1) is 51.1 Å². The minimum Gasteiger partial charge on any atom is -0.394 e. The summed E-state index contributed by atoms with van der Waals surface area (Å²) >= 11 is 0. The first kappa shape index (κ1) is 70.1. The molecule has 0 aliphatic carbocycles. The normalized spacial score (nSPS) is 49.3. The van der Waals surface area contributed by atoms with Crippen molar-refractivity contribution >= 4 is 20.9 Å². The molecular formula is C52H76O37S. The Labute approximate surface area is 509 Å². The zero-order valence-electron chi connectivity index (χ0n) is 47.0. The fourth-order valence-electron chi connectivity index (χ4n) is 12.0. The van der Waals surface area contributed by atoms with Crippen LogP contribution in [0.25, 0.3) is 10.8 Å². The molecule has 37 nitrogen and oxygen atoms in total. The van der Waals surface area contributed by atoms with Crippen LogP contribution in [0.2, 0.25) is 0 Å². The summed E-state index contributed by atoms with van der Waals surface area (Å²) in [7, 11) is -5.10. The smallest absolute Gasteiger partial charge is 0.297 e. The van der Waals surface area contributed by atoms with Gasteiger partial charge in [-0.2, -0.15) is 8.42 Å². The molecule has 0 unspecified atom stereocenters. The Kier molecular flexibility index (Phi) is 22.8. The molecule has 2 aromatic carbocycles. The van der Waals surface area contributed by atoms with E-state index in [9.17, 15) is 111 Å². The molecule has 90 heavy (non-hydrogen) atoms. The van der Waals surface area contributed by atoms with Crippen LogP contribution in [-0.4, -0.2) is 372 Å². The minimum absolute atomic E-state index is 0.397. The van der Waals surface area contributed by atoms with Gasteiger partial charge in [-0.1, -0.05) is 30.3 Å². The Morgan fingerprint density at radius 1 is 0.289 bits per heavy atom. The molecule has 21 aliphatic rings.